The molecule has 264 valence electrons. The predicted molar refractivity (Wildman–Crippen MR) is 189 cm³/mol. The molecule has 4 atom stereocenters. The van der Waals surface area contributed by atoms with E-state index >= 15 is 0 Å². The number of allylic oxidation sites excluding steroid dienone is 2. The van der Waals surface area contributed by atoms with Crippen LogP contribution in [0.4, 0.5) is 4.39 Å². The number of nitrogens with one attached hydrogen (secondary N) is 3. The molecule has 11 nitrogen and oxygen atoms in total. The van der Waals surface area contributed by atoms with E-state index in [9.17, 15) is 14.4 Å². The zero-order chi connectivity index (χ0) is 35.5. The van der Waals surface area contributed by atoms with E-state index in [-0.39, 0.29) is 41.4 Å². The van der Waals surface area contributed by atoms with Gasteiger partial charge in [-0.25, -0.2) is 9.37 Å². The van der Waals surface area contributed by atoms with Gasteiger partial charge in [-0.05, 0) is 53.8 Å². The summed E-state index contributed by atoms with van der Waals surface area (Å²) in [5.74, 6) is 0.0543. The molecule has 1 amide bonds. The highest BCUT2D eigenvalue weighted by molar-refractivity contribution is 6.28. The lowest BCUT2D eigenvalue weighted by atomic mass is 9.81. The first-order valence-electron chi connectivity index (χ1n) is 16.8. The quantitative estimate of drug-likeness (QED) is 0.182. The molecule has 2 aromatic heterocycles. The van der Waals surface area contributed by atoms with Crippen LogP contribution in [0.3, 0.4) is 0 Å². The number of benzene rings is 2. The molecule has 3 aliphatic rings. The lowest BCUT2D eigenvalue weighted by Crippen LogP contribution is -2.52. The molecule has 0 bridgehead atoms. The molecule has 0 radical (unpaired) electrons. The van der Waals surface area contributed by atoms with Crippen LogP contribution in [0.2, 0.25) is 0 Å². The minimum absolute atomic E-state index is 0.0482. The maximum atomic E-state index is 14.4. The van der Waals surface area contributed by atoms with Gasteiger partial charge in [-0.1, -0.05) is 36.4 Å². The molecule has 0 saturated carbocycles. The van der Waals surface area contributed by atoms with Gasteiger partial charge in [-0.15, -0.1) is 11.6 Å². The highest BCUT2D eigenvalue weighted by Gasteiger charge is 2.47. The number of ether oxygens (including phenoxy) is 3. The van der Waals surface area contributed by atoms with Crippen molar-refractivity contribution in [2.24, 2.45) is 0 Å². The first-order valence-corrected chi connectivity index (χ1v) is 17.3. The number of aryl methyl sites for hydroxylation is 1. The standard InChI is InChI=1S/C38H38ClFN6O5/c1-22-6-3-4-7-27(22)28-8-5-10-38(35(28)39,46-36(47)32-14-33(48-2)25(18-44-32)17-42-26-19-50-20-26)37-45-31-13-23(12-24(15-41)34(31)51-37)16-43-30-9-11-49-21-29(30)40/h3-8,10,12-14,18,26,29-30,35,42-43H,9,11,16-17,19-21H2,1-2H3,(H,46,47)/t29-,30+,35?,38?/m0/s1. The van der Waals surface area contributed by atoms with Gasteiger partial charge in [0.05, 0.1) is 43.9 Å². The van der Waals surface area contributed by atoms with Crippen molar-refractivity contribution in [1.82, 2.24) is 25.9 Å². The Hall–Kier alpha value is -4.64. The van der Waals surface area contributed by atoms with Crippen LogP contribution in [0.1, 0.15) is 50.6 Å². The molecule has 4 heterocycles. The molecule has 7 rings (SSSR count). The monoisotopic (exact) mass is 712 g/mol. The second-order valence-corrected chi connectivity index (χ2v) is 13.4. The van der Waals surface area contributed by atoms with E-state index in [1.54, 1.807) is 37.6 Å². The van der Waals surface area contributed by atoms with Gasteiger partial charge in [0.1, 0.15) is 29.2 Å². The normalized spacial score (nSPS) is 23.4. The van der Waals surface area contributed by atoms with Crippen molar-refractivity contribution >= 4 is 34.2 Å². The van der Waals surface area contributed by atoms with E-state index in [0.29, 0.717) is 50.6 Å². The summed E-state index contributed by atoms with van der Waals surface area (Å²) in [5.41, 5.74) is 3.66. The Morgan fingerprint density at radius 2 is 2.00 bits per heavy atom. The zero-order valence-electron chi connectivity index (χ0n) is 28.2. The van der Waals surface area contributed by atoms with Crippen molar-refractivity contribution in [2.75, 3.05) is 33.5 Å². The highest BCUT2D eigenvalue weighted by atomic mass is 35.5. The van der Waals surface area contributed by atoms with Gasteiger partial charge >= 0.3 is 0 Å². The van der Waals surface area contributed by atoms with Crippen LogP contribution >= 0.6 is 11.6 Å². The topological polar surface area (TPSA) is 144 Å². The number of nitrogens with zero attached hydrogens (tertiary/aromatic N) is 3. The largest absolute Gasteiger partial charge is 0.496 e. The molecule has 2 saturated heterocycles. The fourth-order valence-electron chi connectivity index (χ4n) is 6.59. The number of rotatable bonds is 11. The van der Waals surface area contributed by atoms with Gasteiger partial charge < -0.3 is 34.6 Å². The van der Waals surface area contributed by atoms with Crippen LogP contribution in [-0.4, -0.2) is 73.0 Å². The van der Waals surface area contributed by atoms with Crippen LogP contribution in [0.5, 0.6) is 5.75 Å². The van der Waals surface area contributed by atoms with E-state index in [4.69, 9.17) is 35.2 Å². The average molecular weight is 713 g/mol. The molecule has 2 unspecified atom stereocenters. The SMILES string of the molecule is COc1cc(C(=O)NC2(c3nc4cc(CN[C@@H]5CCOC[C@@H]5F)cc(C#N)c4o3)C=CC=C(c3ccccc3C)C2Cl)ncc1CNC1COC1. The van der Waals surface area contributed by atoms with Crippen LogP contribution in [0.15, 0.2) is 71.3 Å². The molecule has 51 heavy (non-hydrogen) atoms. The average Bonchev–Trinajstić information content (AvgIpc) is 3.56. The molecule has 2 aromatic carbocycles. The van der Waals surface area contributed by atoms with Gasteiger partial charge in [0.15, 0.2) is 11.1 Å². The number of halogens is 2. The number of methoxy groups -OCH3 is 1. The number of oxazole rings is 1. The van der Waals surface area contributed by atoms with Gasteiger partial charge in [0, 0.05) is 43.6 Å². The minimum Gasteiger partial charge on any atom is -0.496 e. The molecule has 4 aromatic rings. The Morgan fingerprint density at radius 1 is 1.16 bits per heavy atom. The van der Waals surface area contributed by atoms with E-state index in [0.717, 1.165) is 27.8 Å². The fraction of sp³-hybridized carbons (Fsp3) is 0.368. The Balaban J connectivity index is 1.25. The predicted octanol–water partition coefficient (Wildman–Crippen LogP) is 5.00. The Kier molecular flexibility index (Phi) is 10.2. The van der Waals surface area contributed by atoms with Crippen molar-refractivity contribution in [2.45, 2.75) is 55.6 Å². The molecular weight excluding hydrogens is 675 g/mol. The number of fused-ring (bicyclic) bond motifs is 1. The number of hydrogen-bond acceptors (Lipinski definition) is 10. The number of hydrogen-bond donors (Lipinski definition) is 3. The Bertz CT molecular complexity index is 2040. The third-order valence-corrected chi connectivity index (χ3v) is 10.2. The van der Waals surface area contributed by atoms with Gasteiger partial charge in [-0.3, -0.25) is 9.78 Å². The number of pyridine rings is 1. The smallest absolute Gasteiger partial charge is 0.271 e. The number of nitriles is 1. The molecule has 3 N–H and O–H groups in total. The third-order valence-electron chi connectivity index (χ3n) is 9.58. The second-order valence-electron chi connectivity index (χ2n) is 13.0. The van der Waals surface area contributed by atoms with E-state index in [1.165, 1.54) is 0 Å². The molecule has 2 aliphatic heterocycles. The molecule has 2 fully saturated rings. The van der Waals surface area contributed by atoms with E-state index in [1.807, 2.05) is 43.3 Å². The van der Waals surface area contributed by atoms with Crippen molar-refractivity contribution < 1.29 is 27.8 Å². The number of alkyl halides is 2. The molecule has 0 spiro atoms. The second kappa shape index (κ2) is 14.9. The Labute approximate surface area is 299 Å². The van der Waals surface area contributed by atoms with Crippen molar-refractivity contribution in [3.63, 3.8) is 0 Å². The van der Waals surface area contributed by atoms with Crippen LogP contribution < -0.4 is 20.7 Å². The number of carbonyl (C=O) groups excluding carboxylic acids is 1. The summed E-state index contributed by atoms with van der Waals surface area (Å²) in [4.78, 5) is 23.5. The van der Waals surface area contributed by atoms with Crippen LogP contribution in [0.25, 0.3) is 16.7 Å². The van der Waals surface area contributed by atoms with Crippen molar-refractivity contribution in [1.29, 1.82) is 5.26 Å². The lowest BCUT2D eigenvalue weighted by molar-refractivity contribution is -0.00585. The summed E-state index contributed by atoms with van der Waals surface area (Å²) >= 11 is 7.42. The summed E-state index contributed by atoms with van der Waals surface area (Å²) < 4.78 is 36.9. The van der Waals surface area contributed by atoms with Crippen LogP contribution in [0, 0.1) is 18.3 Å². The summed E-state index contributed by atoms with van der Waals surface area (Å²) in [5, 5.41) is 19.0. The van der Waals surface area contributed by atoms with Gasteiger partial charge in [-0.2, -0.15) is 5.26 Å². The maximum absolute atomic E-state index is 14.4. The molecule has 1 aliphatic carbocycles. The van der Waals surface area contributed by atoms with Crippen LogP contribution in [-0.2, 0) is 28.1 Å². The number of amides is 1. The minimum atomic E-state index is -1.50. The zero-order valence-corrected chi connectivity index (χ0v) is 29.0. The third kappa shape index (κ3) is 7.00. The summed E-state index contributed by atoms with van der Waals surface area (Å²) in [7, 11) is 1.54. The van der Waals surface area contributed by atoms with Crippen molar-refractivity contribution in [3.8, 4) is 11.8 Å². The van der Waals surface area contributed by atoms with E-state index in [2.05, 4.69) is 27.0 Å². The number of aromatic nitrogens is 2. The van der Waals surface area contributed by atoms with Gasteiger partial charge in [0.25, 0.3) is 5.91 Å². The maximum Gasteiger partial charge on any atom is 0.271 e. The lowest BCUT2D eigenvalue weighted by Gasteiger charge is -2.36. The summed E-state index contributed by atoms with van der Waals surface area (Å²) in [6, 6.07) is 15.0. The van der Waals surface area contributed by atoms with Crippen molar-refractivity contribution in [3.05, 3.63) is 106 Å². The first-order chi connectivity index (χ1) is 24.8. The van der Waals surface area contributed by atoms with Gasteiger partial charge in [0.2, 0.25) is 5.89 Å². The summed E-state index contributed by atoms with van der Waals surface area (Å²) in [6.07, 6.45) is 6.49. The van der Waals surface area contributed by atoms with E-state index < -0.39 is 23.0 Å². The Morgan fingerprint density at radius 3 is 2.75 bits per heavy atom. The first kappa shape index (κ1) is 34.8. The number of carbonyl (C=O) groups is 1. The molecular formula is C38H38ClFN6O5. The fourth-order valence-corrected chi connectivity index (χ4v) is 7.00. The highest BCUT2D eigenvalue weighted by Crippen LogP contribution is 2.43. The summed E-state index contributed by atoms with van der Waals surface area (Å²) in [6.45, 7) is 4.61. The molecule has 13 heteroatoms.